The van der Waals surface area contributed by atoms with Crippen molar-refractivity contribution in [1.82, 2.24) is 9.21 Å². The van der Waals surface area contributed by atoms with Crippen LogP contribution < -0.4 is 4.90 Å². The number of sulfonamides is 1. The summed E-state index contributed by atoms with van der Waals surface area (Å²) in [6.07, 6.45) is 2.04. The van der Waals surface area contributed by atoms with Gasteiger partial charge in [-0.05, 0) is 50.5 Å². The zero-order valence-electron chi connectivity index (χ0n) is 16.9. The number of piperazine rings is 1. The van der Waals surface area contributed by atoms with E-state index in [1.807, 2.05) is 6.07 Å². The Morgan fingerprint density at radius 3 is 2.55 bits per heavy atom. The Kier molecular flexibility index (Phi) is 5.68. The Labute approximate surface area is 176 Å². The number of hydrogen-bond donors (Lipinski definition) is 0. The van der Waals surface area contributed by atoms with Crippen LogP contribution in [-0.4, -0.2) is 62.3 Å². The molecule has 1 atom stereocenters. The molecule has 8 heteroatoms. The van der Waals surface area contributed by atoms with Gasteiger partial charge in [-0.3, -0.25) is 4.79 Å². The molecule has 2 aromatic rings. The maximum atomic E-state index is 13.2. The Morgan fingerprint density at radius 1 is 1.10 bits per heavy atom. The molecule has 0 saturated carbocycles. The van der Waals surface area contributed by atoms with E-state index in [4.69, 9.17) is 0 Å². The van der Waals surface area contributed by atoms with Gasteiger partial charge in [0.05, 0.1) is 5.56 Å². The molecule has 0 aliphatic carbocycles. The number of carbonyl (C=O) groups excluding carboxylic acids is 1. The predicted molar refractivity (Wildman–Crippen MR) is 116 cm³/mol. The highest BCUT2D eigenvalue weighted by Gasteiger charge is 2.34. The SMILES string of the molecule is Cc1cccc(N2CCN(S(=O)(=O)c3cc(C(=O)N4CCCC4)cs3)C[C@@H]2C)c1. The molecule has 1 aromatic carbocycles. The number of aryl methyl sites for hydroxylation is 1. The molecule has 2 aliphatic rings. The fourth-order valence-corrected chi connectivity index (χ4v) is 6.95. The number of benzene rings is 1. The van der Waals surface area contributed by atoms with Gasteiger partial charge in [0.15, 0.2) is 0 Å². The van der Waals surface area contributed by atoms with Crippen molar-refractivity contribution in [3.05, 3.63) is 46.8 Å². The highest BCUT2D eigenvalue weighted by molar-refractivity contribution is 7.91. The topological polar surface area (TPSA) is 60.9 Å². The molecule has 4 rings (SSSR count). The molecule has 2 saturated heterocycles. The first-order valence-electron chi connectivity index (χ1n) is 10.1. The molecule has 0 radical (unpaired) electrons. The van der Waals surface area contributed by atoms with E-state index < -0.39 is 10.0 Å². The Hall–Kier alpha value is -1.90. The van der Waals surface area contributed by atoms with Crippen molar-refractivity contribution in [2.75, 3.05) is 37.6 Å². The number of likely N-dealkylation sites (tertiary alicyclic amines) is 1. The summed E-state index contributed by atoms with van der Waals surface area (Å²) >= 11 is 1.15. The van der Waals surface area contributed by atoms with E-state index in [0.717, 1.165) is 43.0 Å². The van der Waals surface area contributed by atoms with E-state index in [9.17, 15) is 13.2 Å². The van der Waals surface area contributed by atoms with Gasteiger partial charge in [-0.25, -0.2) is 8.42 Å². The fraction of sp³-hybridized carbons (Fsp3) is 0.476. The fourth-order valence-electron chi connectivity index (χ4n) is 4.13. The average molecular weight is 434 g/mol. The second-order valence-corrected chi connectivity index (χ2v) is 11.0. The molecule has 2 fully saturated rings. The molecular weight excluding hydrogens is 406 g/mol. The van der Waals surface area contributed by atoms with Gasteiger partial charge in [-0.1, -0.05) is 12.1 Å². The van der Waals surface area contributed by atoms with E-state index in [1.165, 1.54) is 5.56 Å². The zero-order valence-corrected chi connectivity index (χ0v) is 18.5. The quantitative estimate of drug-likeness (QED) is 0.743. The lowest BCUT2D eigenvalue weighted by molar-refractivity contribution is 0.0793. The number of carbonyl (C=O) groups is 1. The van der Waals surface area contributed by atoms with E-state index in [2.05, 4.69) is 36.9 Å². The third-order valence-corrected chi connectivity index (χ3v) is 9.01. The van der Waals surface area contributed by atoms with Crippen molar-refractivity contribution >= 4 is 33.0 Å². The average Bonchev–Trinajstić information content (AvgIpc) is 3.40. The van der Waals surface area contributed by atoms with E-state index >= 15 is 0 Å². The van der Waals surface area contributed by atoms with Crippen LogP contribution >= 0.6 is 11.3 Å². The summed E-state index contributed by atoms with van der Waals surface area (Å²) < 4.78 is 28.2. The Bertz CT molecular complexity index is 996. The van der Waals surface area contributed by atoms with E-state index in [-0.39, 0.29) is 16.2 Å². The van der Waals surface area contributed by atoms with Crippen LogP contribution in [0.25, 0.3) is 0 Å². The number of nitrogens with zero attached hydrogens (tertiary/aromatic N) is 3. The number of rotatable bonds is 4. The van der Waals surface area contributed by atoms with Crippen LogP contribution in [0.15, 0.2) is 39.9 Å². The minimum absolute atomic E-state index is 0.0576. The third-order valence-electron chi connectivity index (χ3n) is 5.73. The molecule has 0 bridgehead atoms. The standard InChI is InChI=1S/C21H27N3O3S2/c1-16-6-5-7-19(12-16)24-11-10-23(14-17(24)2)29(26,27)20-13-18(15-28-20)21(25)22-8-3-4-9-22/h5-7,12-13,15,17H,3-4,8-11,14H2,1-2H3/t17-/m0/s1. The van der Waals surface area contributed by atoms with Crippen LogP contribution in [0, 0.1) is 6.92 Å². The largest absolute Gasteiger partial charge is 0.366 e. The molecule has 1 amide bonds. The van der Waals surface area contributed by atoms with Crippen LogP contribution in [0.4, 0.5) is 5.69 Å². The van der Waals surface area contributed by atoms with E-state index in [1.54, 1.807) is 20.7 Å². The van der Waals surface area contributed by atoms with Crippen molar-refractivity contribution in [2.24, 2.45) is 0 Å². The van der Waals surface area contributed by atoms with Gasteiger partial charge >= 0.3 is 0 Å². The maximum absolute atomic E-state index is 13.2. The van der Waals surface area contributed by atoms with Crippen LogP contribution in [0.3, 0.4) is 0 Å². The lowest BCUT2D eigenvalue weighted by atomic mass is 10.1. The van der Waals surface area contributed by atoms with Gasteiger partial charge in [0.1, 0.15) is 4.21 Å². The molecule has 2 aliphatic heterocycles. The van der Waals surface area contributed by atoms with Crippen molar-refractivity contribution < 1.29 is 13.2 Å². The first kappa shape index (κ1) is 20.4. The van der Waals surface area contributed by atoms with E-state index in [0.29, 0.717) is 25.2 Å². The Balaban J connectivity index is 1.48. The molecule has 6 nitrogen and oxygen atoms in total. The maximum Gasteiger partial charge on any atom is 0.254 e. The number of thiophene rings is 1. The van der Waals surface area contributed by atoms with Crippen LogP contribution in [0.1, 0.15) is 35.7 Å². The van der Waals surface area contributed by atoms with Crippen LogP contribution in [0.2, 0.25) is 0 Å². The first-order valence-corrected chi connectivity index (χ1v) is 12.4. The van der Waals surface area contributed by atoms with Crippen molar-refractivity contribution in [3.8, 4) is 0 Å². The lowest BCUT2D eigenvalue weighted by Gasteiger charge is -2.40. The van der Waals surface area contributed by atoms with Gasteiger partial charge < -0.3 is 9.80 Å². The van der Waals surface area contributed by atoms with Gasteiger partial charge in [-0.2, -0.15) is 4.31 Å². The molecule has 0 unspecified atom stereocenters. The summed E-state index contributed by atoms with van der Waals surface area (Å²) in [5, 5.41) is 1.68. The minimum atomic E-state index is -3.59. The monoisotopic (exact) mass is 433 g/mol. The Morgan fingerprint density at radius 2 is 1.86 bits per heavy atom. The molecule has 156 valence electrons. The zero-order chi connectivity index (χ0) is 20.6. The first-order chi connectivity index (χ1) is 13.9. The lowest BCUT2D eigenvalue weighted by Crippen LogP contribution is -2.53. The summed E-state index contributed by atoms with van der Waals surface area (Å²) in [5.74, 6) is -0.0576. The van der Waals surface area contributed by atoms with Crippen LogP contribution in [-0.2, 0) is 10.0 Å². The van der Waals surface area contributed by atoms with Crippen LogP contribution in [0.5, 0.6) is 0 Å². The van der Waals surface area contributed by atoms with Gasteiger partial charge in [0, 0.05) is 49.8 Å². The summed E-state index contributed by atoms with van der Waals surface area (Å²) in [6, 6.07) is 9.93. The van der Waals surface area contributed by atoms with Gasteiger partial charge in [0.2, 0.25) is 0 Å². The van der Waals surface area contributed by atoms with Gasteiger partial charge in [-0.15, -0.1) is 11.3 Å². The van der Waals surface area contributed by atoms with Crippen molar-refractivity contribution in [3.63, 3.8) is 0 Å². The molecule has 1 aromatic heterocycles. The molecule has 29 heavy (non-hydrogen) atoms. The second-order valence-electron chi connectivity index (χ2n) is 7.90. The summed E-state index contributed by atoms with van der Waals surface area (Å²) in [5.41, 5.74) is 2.81. The smallest absolute Gasteiger partial charge is 0.254 e. The third kappa shape index (κ3) is 4.06. The summed E-state index contributed by atoms with van der Waals surface area (Å²) in [4.78, 5) is 16.6. The molecule has 3 heterocycles. The summed E-state index contributed by atoms with van der Waals surface area (Å²) in [7, 11) is -3.59. The predicted octanol–water partition coefficient (Wildman–Crippen LogP) is 3.19. The van der Waals surface area contributed by atoms with Crippen molar-refractivity contribution in [1.29, 1.82) is 0 Å². The minimum Gasteiger partial charge on any atom is -0.366 e. The summed E-state index contributed by atoms with van der Waals surface area (Å²) in [6.45, 7) is 7.16. The number of amides is 1. The van der Waals surface area contributed by atoms with Crippen molar-refractivity contribution in [2.45, 2.75) is 36.9 Å². The highest BCUT2D eigenvalue weighted by Crippen LogP contribution is 2.29. The molecule has 0 spiro atoms. The normalized spacial score (nSPS) is 21.0. The highest BCUT2D eigenvalue weighted by atomic mass is 32.2. The second kappa shape index (κ2) is 8.08. The van der Waals surface area contributed by atoms with Gasteiger partial charge in [0.25, 0.3) is 15.9 Å². The molecule has 0 N–H and O–H groups in total. The molecular formula is C21H27N3O3S2. The number of hydrogen-bond acceptors (Lipinski definition) is 5. The number of anilines is 1.